The predicted octanol–water partition coefficient (Wildman–Crippen LogP) is 3.74. The number of aldehydes is 1. The molecule has 0 spiro atoms. The van der Waals surface area contributed by atoms with Gasteiger partial charge in [-0.1, -0.05) is 18.2 Å². The van der Waals surface area contributed by atoms with Crippen molar-refractivity contribution in [2.45, 2.75) is 19.3 Å². The Bertz CT molecular complexity index is 1290. The minimum absolute atomic E-state index is 0.0598. The van der Waals surface area contributed by atoms with Gasteiger partial charge in [0, 0.05) is 51.3 Å². The lowest BCUT2D eigenvalue weighted by molar-refractivity contribution is -0.136. The van der Waals surface area contributed by atoms with E-state index in [0.29, 0.717) is 25.1 Å². The summed E-state index contributed by atoms with van der Waals surface area (Å²) in [4.78, 5) is 31.4. The number of rotatable bonds is 8. The first-order chi connectivity index (χ1) is 17.8. The number of piperazine rings is 1. The zero-order valence-electron chi connectivity index (χ0n) is 21.0. The number of carbonyl (C=O) groups excluding carboxylic acids is 2. The second-order valence-corrected chi connectivity index (χ2v) is 9.23. The summed E-state index contributed by atoms with van der Waals surface area (Å²) in [6.07, 6.45) is 3.56. The van der Waals surface area contributed by atoms with E-state index in [4.69, 9.17) is 0 Å². The Labute approximate surface area is 214 Å². The SMILES string of the molecule is CN/C=C\n1c(-c2c(F)cccc2F)nc(Nc2ccc(C(C)(C)C(=O)N3CCNCC3)cc2)c1C=O. The normalized spacial score (nSPS) is 14.1. The molecule has 0 unspecified atom stereocenters. The van der Waals surface area contributed by atoms with Crippen LogP contribution in [0.15, 0.2) is 48.7 Å². The van der Waals surface area contributed by atoms with Crippen LogP contribution >= 0.6 is 0 Å². The van der Waals surface area contributed by atoms with Gasteiger partial charge in [-0.3, -0.25) is 14.2 Å². The van der Waals surface area contributed by atoms with Crippen LogP contribution in [0.5, 0.6) is 0 Å². The van der Waals surface area contributed by atoms with Gasteiger partial charge in [0.25, 0.3) is 0 Å². The Balaban J connectivity index is 1.66. The summed E-state index contributed by atoms with van der Waals surface area (Å²) in [5.74, 6) is -1.46. The molecule has 0 radical (unpaired) electrons. The van der Waals surface area contributed by atoms with Crippen molar-refractivity contribution in [2.24, 2.45) is 0 Å². The van der Waals surface area contributed by atoms with Crippen LogP contribution in [0, 0.1) is 11.6 Å². The fourth-order valence-corrected chi connectivity index (χ4v) is 4.33. The monoisotopic (exact) mass is 508 g/mol. The summed E-state index contributed by atoms with van der Waals surface area (Å²) >= 11 is 0. The van der Waals surface area contributed by atoms with E-state index >= 15 is 0 Å². The maximum atomic E-state index is 14.6. The highest BCUT2D eigenvalue weighted by Gasteiger charge is 2.34. The summed E-state index contributed by atoms with van der Waals surface area (Å²) in [5.41, 5.74) is 0.457. The molecule has 2 aromatic carbocycles. The fraction of sp³-hybridized carbons (Fsp3) is 0.296. The Morgan fingerprint density at radius 3 is 2.32 bits per heavy atom. The lowest BCUT2D eigenvalue weighted by atomic mass is 9.83. The molecule has 1 aliphatic rings. The van der Waals surface area contributed by atoms with Crippen LogP contribution in [0.1, 0.15) is 29.9 Å². The van der Waals surface area contributed by atoms with E-state index in [1.165, 1.54) is 23.0 Å². The number of carbonyl (C=O) groups is 2. The Hall–Kier alpha value is -4.05. The van der Waals surface area contributed by atoms with Crippen molar-refractivity contribution < 1.29 is 18.4 Å². The molecule has 37 heavy (non-hydrogen) atoms. The van der Waals surface area contributed by atoms with Gasteiger partial charge in [0.05, 0.1) is 11.0 Å². The van der Waals surface area contributed by atoms with Crippen molar-refractivity contribution in [3.05, 3.63) is 71.6 Å². The first kappa shape index (κ1) is 26.0. The summed E-state index contributed by atoms with van der Waals surface area (Å²) < 4.78 is 30.5. The Morgan fingerprint density at radius 2 is 1.73 bits per heavy atom. The second-order valence-electron chi connectivity index (χ2n) is 9.23. The summed E-state index contributed by atoms with van der Waals surface area (Å²) in [7, 11) is 1.66. The first-order valence-corrected chi connectivity index (χ1v) is 12.0. The number of hydrogen-bond acceptors (Lipinski definition) is 6. The number of anilines is 2. The number of nitrogens with one attached hydrogen (secondary N) is 3. The van der Waals surface area contributed by atoms with Crippen LogP contribution in [0.3, 0.4) is 0 Å². The van der Waals surface area contributed by atoms with E-state index < -0.39 is 17.0 Å². The van der Waals surface area contributed by atoms with Crippen LogP contribution < -0.4 is 16.0 Å². The molecule has 1 fully saturated rings. The van der Waals surface area contributed by atoms with Gasteiger partial charge in [0.1, 0.15) is 17.3 Å². The van der Waals surface area contributed by atoms with Crippen molar-refractivity contribution in [2.75, 3.05) is 38.5 Å². The molecule has 4 rings (SSSR count). The van der Waals surface area contributed by atoms with E-state index in [2.05, 4.69) is 20.9 Å². The lowest BCUT2D eigenvalue weighted by Crippen LogP contribution is -2.51. The number of imidazole rings is 1. The van der Waals surface area contributed by atoms with Gasteiger partial charge in [-0.2, -0.15) is 0 Å². The summed E-state index contributed by atoms with van der Waals surface area (Å²) in [5, 5.41) is 9.12. The van der Waals surface area contributed by atoms with Crippen molar-refractivity contribution >= 4 is 29.9 Å². The van der Waals surface area contributed by atoms with Gasteiger partial charge in [-0.25, -0.2) is 13.8 Å². The zero-order chi connectivity index (χ0) is 26.6. The third-order valence-corrected chi connectivity index (χ3v) is 6.44. The largest absolute Gasteiger partial charge is 0.393 e. The number of benzene rings is 2. The smallest absolute Gasteiger partial charge is 0.232 e. The number of nitrogens with zero attached hydrogens (tertiary/aromatic N) is 3. The van der Waals surface area contributed by atoms with E-state index in [9.17, 15) is 18.4 Å². The minimum Gasteiger partial charge on any atom is -0.393 e. The van der Waals surface area contributed by atoms with Gasteiger partial charge in [-0.15, -0.1) is 0 Å². The highest BCUT2D eigenvalue weighted by Crippen LogP contribution is 2.32. The average Bonchev–Trinajstić information content (AvgIpc) is 3.23. The van der Waals surface area contributed by atoms with Gasteiger partial charge in [0.2, 0.25) is 5.91 Å². The predicted molar refractivity (Wildman–Crippen MR) is 140 cm³/mol. The molecule has 0 saturated carbocycles. The molecule has 3 N–H and O–H groups in total. The fourth-order valence-electron chi connectivity index (χ4n) is 4.33. The maximum Gasteiger partial charge on any atom is 0.232 e. The first-order valence-electron chi connectivity index (χ1n) is 12.0. The van der Waals surface area contributed by atoms with E-state index in [1.54, 1.807) is 19.2 Å². The Kier molecular flexibility index (Phi) is 7.68. The van der Waals surface area contributed by atoms with Crippen LogP contribution in [-0.2, 0) is 10.2 Å². The van der Waals surface area contributed by atoms with Crippen LogP contribution in [-0.4, -0.2) is 59.9 Å². The Morgan fingerprint density at radius 1 is 1.08 bits per heavy atom. The highest BCUT2D eigenvalue weighted by atomic mass is 19.1. The van der Waals surface area contributed by atoms with Crippen LogP contribution in [0.2, 0.25) is 0 Å². The molecule has 1 amide bonds. The van der Waals surface area contributed by atoms with E-state index in [1.807, 2.05) is 30.9 Å². The van der Waals surface area contributed by atoms with Gasteiger partial charge >= 0.3 is 0 Å². The molecular weight excluding hydrogens is 478 g/mol. The highest BCUT2D eigenvalue weighted by molar-refractivity contribution is 5.88. The van der Waals surface area contributed by atoms with Crippen molar-refractivity contribution in [3.8, 4) is 11.4 Å². The van der Waals surface area contributed by atoms with Crippen molar-refractivity contribution in [1.29, 1.82) is 0 Å². The topological polar surface area (TPSA) is 91.3 Å². The standard InChI is InChI=1S/C27H30F2N6O2/c1-27(2,26(37)34-14-12-31-13-15-34)18-7-9-19(10-8-18)32-24-22(17-36)35(16-11-30-3)25(33-24)23-20(28)5-4-6-21(23)29/h4-11,16-17,30-32H,12-15H2,1-3H3/b16-11-. The third kappa shape index (κ3) is 5.24. The number of amides is 1. The number of aromatic nitrogens is 2. The summed E-state index contributed by atoms with van der Waals surface area (Å²) in [6, 6.07) is 10.8. The lowest BCUT2D eigenvalue weighted by Gasteiger charge is -2.35. The average molecular weight is 509 g/mol. The molecule has 1 aromatic heterocycles. The van der Waals surface area contributed by atoms with E-state index in [-0.39, 0.29) is 28.8 Å². The van der Waals surface area contributed by atoms with Crippen molar-refractivity contribution in [3.63, 3.8) is 0 Å². The molecule has 0 atom stereocenters. The quantitative estimate of drug-likeness (QED) is 0.402. The van der Waals surface area contributed by atoms with Gasteiger partial charge in [-0.05, 0) is 43.7 Å². The van der Waals surface area contributed by atoms with E-state index in [0.717, 1.165) is 30.8 Å². The van der Waals surface area contributed by atoms with Gasteiger partial charge in [0.15, 0.2) is 17.9 Å². The van der Waals surface area contributed by atoms with Crippen molar-refractivity contribution in [1.82, 2.24) is 25.1 Å². The molecule has 1 aliphatic heterocycles. The summed E-state index contributed by atoms with van der Waals surface area (Å²) in [6.45, 7) is 6.69. The molecule has 10 heteroatoms. The zero-order valence-corrected chi connectivity index (χ0v) is 21.0. The third-order valence-electron chi connectivity index (χ3n) is 6.44. The number of halogens is 2. The minimum atomic E-state index is -0.797. The molecule has 2 heterocycles. The molecule has 194 valence electrons. The van der Waals surface area contributed by atoms with Crippen LogP contribution in [0.25, 0.3) is 17.6 Å². The number of hydrogen-bond donors (Lipinski definition) is 3. The molecule has 1 saturated heterocycles. The van der Waals surface area contributed by atoms with Gasteiger partial charge < -0.3 is 20.9 Å². The molecule has 0 aliphatic carbocycles. The maximum absolute atomic E-state index is 14.6. The molecule has 3 aromatic rings. The molecule has 0 bridgehead atoms. The van der Waals surface area contributed by atoms with Crippen LogP contribution in [0.4, 0.5) is 20.3 Å². The molecular formula is C27H30F2N6O2. The molecule has 8 nitrogen and oxygen atoms in total. The second kappa shape index (κ2) is 10.9.